The molecule has 5 heteroatoms. The third-order valence-electron chi connectivity index (χ3n) is 5.54. The van der Waals surface area contributed by atoms with Crippen LogP contribution in [0.4, 0.5) is 0 Å². The first kappa shape index (κ1) is 21.5. The van der Waals surface area contributed by atoms with E-state index in [2.05, 4.69) is 57.6 Å². The van der Waals surface area contributed by atoms with E-state index < -0.39 is 5.60 Å². The van der Waals surface area contributed by atoms with E-state index >= 15 is 0 Å². The van der Waals surface area contributed by atoms with Crippen molar-refractivity contribution in [2.45, 2.75) is 31.3 Å². The van der Waals surface area contributed by atoms with Gasteiger partial charge in [-0.05, 0) is 53.9 Å². The number of nitrogens with one attached hydrogen (secondary N) is 1. The maximum Gasteiger partial charge on any atom is 0.122 e. The minimum atomic E-state index is -0.544. The third-order valence-corrected chi connectivity index (χ3v) is 6.28. The fourth-order valence-electron chi connectivity index (χ4n) is 3.95. The van der Waals surface area contributed by atoms with E-state index in [-0.39, 0.29) is 6.10 Å². The second-order valence-corrected chi connectivity index (χ2v) is 8.91. The van der Waals surface area contributed by atoms with Crippen LogP contribution in [-0.4, -0.2) is 19.2 Å². The lowest BCUT2D eigenvalue weighted by molar-refractivity contribution is -0.176. The zero-order chi connectivity index (χ0) is 20.8. The quantitative estimate of drug-likeness (QED) is 0.438. The summed E-state index contributed by atoms with van der Waals surface area (Å²) in [5.74, 6) is 0. The van der Waals surface area contributed by atoms with Gasteiger partial charge >= 0.3 is 0 Å². The molecule has 0 aliphatic carbocycles. The van der Waals surface area contributed by atoms with Crippen molar-refractivity contribution in [3.8, 4) is 0 Å². The summed E-state index contributed by atoms with van der Waals surface area (Å²) in [7, 11) is 0. The molecule has 1 fully saturated rings. The Hall–Kier alpha value is -1.69. The topological polar surface area (TPSA) is 30.5 Å². The number of rotatable bonds is 7. The molecule has 1 aliphatic heterocycles. The molecule has 0 bridgehead atoms. The maximum atomic E-state index is 6.69. The Balaban J connectivity index is 1.61. The number of benzene rings is 3. The van der Waals surface area contributed by atoms with Crippen molar-refractivity contribution >= 4 is 27.5 Å². The molecule has 0 amide bonds. The second kappa shape index (κ2) is 10.1. The first-order chi connectivity index (χ1) is 14.7. The average Bonchev–Trinajstić information content (AvgIpc) is 2.78. The summed E-state index contributed by atoms with van der Waals surface area (Å²) in [6.45, 7) is 2.65. The van der Waals surface area contributed by atoms with Crippen molar-refractivity contribution in [2.75, 3.05) is 13.1 Å². The highest BCUT2D eigenvalue weighted by Gasteiger charge is 2.44. The molecule has 30 heavy (non-hydrogen) atoms. The van der Waals surface area contributed by atoms with Crippen LogP contribution >= 0.6 is 27.5 Å². The number of piperidine rings is 1. The Kier molecular flexibility index (Phi) is 7.24. The number of hydrogen-bond acceptors (Lipinski definition) is 3. The van der Waals surface area contributed by atoms with Gasteiger partial charge in [-0.25, -0.2) is 0 Å². The van der Waals surface area contributed by atoms with E-state index in [1.165, 1.54) is 0 Å². The minimum Gasteiger partial charge on any atom is -0.369 e. The molecule has 0 spiro atoms. The van der Waals surface area contributed by atoms with Crippen molar-refractivity contribution in [3.63, 3.8) is 0 Å². The predicted molar refractivity (Wildman–Crippen MR) is 125 cm³/mol. The SMILES string of the molecule is Clc1ccc([C@]2(OCc3ccccc3)CCNC[C@@H]2OCc2cccc(Br)c2)cc1. The number of ether oxygens (including phenoxy) is 2. The monoisotopic (exact) mass is 485 g/mol. The molecule has 3 nitrogen and oxygen atoms in total. The lowest BCUT2D eigenvalue weighted by Crippen LogP contribution is -2.54. The van der Waals surface area contributed by atoms with Crippen LogP contribution < -0.4 is 5.32 Å². The molecule has 3 aromatic rings. The van der Waals surface area contributed by atoms with Gasteiger partial charge in [0.25, 0.3) is 0 Å². The fourth-order valence-corrected chi connectivity index (χ4v) is 4.52. The molecule has 3 aromatic carbocycles. The number of halogens is 2. The highest BCUT2D eigenvalue weighted by atomic mass is 79.9. The molecule has 0 radical (unpaired) electrons. The van der Waals surface area contributed by atoms with Crippen molar-refractivity contribution in [1.29, 1.82) is 0 Å². The van der Waals surface area contributed by atoms with Crippen molar-refractivity contribution in [3.05, 3.63) is 105 Å². The van der Waals surface area contributed by atoms with E-state index in [4.69, 9.17) is 21.1 Å². The Bertz CT molecular complexity index is 951. The van der Waals surface area contributed by atoms with Crippen molar-refractivity contribution < 1.29 is 9.47 Å². The van der Waals surface area contributed by atoms with Crippen LogP contribution in [0, 0.1) is 0 Å². The summed E-state index contributed by atoms with van der Waals surface area (Å²) >= 11 is 9.71. The van der Waals surface area contributed by atoms with Gasteiger partial charge in [0.05, 0.1) is 13.2 Å². The average molecular weight is 487 g/mol. The first-order valence-electron chi connectivity index (χ1n) is 10.2. The lowest BCUT2D eigenvalue weighted by Gasteiger charge is -2.44. The molecule has 1 saturated heterocycles. The zero-order valence-electron chi connectivity index (χ0n) is 16.7. The molecule has 1 N–H and O–H groups in total. The van der Waals surface area contributed by atoms with Crippen LogP contribution in [0.3, 0.4) is 0 Å². The van der Waals surface area contributed by atoms with Gasteiger partial charge in [0.2, 0.25) is 0 Å². The van der Waals surface area contributed by atoms with Gasteiger partial charge in [0.1, 0.15) is 11.7 Å². The van der Waals surface area contributed by atoms with E-state index in [1.807, 2.05) is 42.5 Å². The van der Waals surface area contributed by atoms with Gasteiger partial charge in [-0.3, -0.25) is 0 Å². The first-order valence-corrected chi connectivity index (χ1v) is 11.3. The Morgan fingerprint density at radius 3 is 2.47 bits per heavy atom. The summed E-state index contributed by atoms with van der Waals surface area (Å²) in [6, 6.07) is 26.5. The Morgan fingerprint density at radius 1 is 0.933 bits per heavy atom. The molecule has 4 rings (SSSR count). The summed E-state index contributed by atoms with van der Waals surface area (Å²) in [4.78, 5) is 0. The largest absolute Gasteiger partial charge is 0.369 e. The Morgan fingerprint density at radius 2 is 1.70 bits per heavy atom. The van der Waals surface area contributed by atoms with E-state index in [0.717, 1.165) is 45.7 Å². The molecular formula is C25H25BrClNO2. The van der Waals surface area contributed by atoms with Gasteiger partial charge < -0.3 is 14.8 Å². The van der Waals surface area contributed by atoms with Gasteiger partial charge in [-0.15, -0.1) is 0 Å². The fraction of sp³-hybridized carbons (Fsp3) is 0.280. The smallest absolute Gasteiger partial charge is 0.122 e. The maximum absolute atomic E-state index is 6.69. The highest BCUT2D eigenvalue weighted by Crippen LogP contribution is 2.38. The molecular weight excluding hydrogens is 462 g/mol. The van der Waals surface area contributed by atoms with Crippen LogP contribution in [0.15, 0.2) is 83.3 Å². The normalized spacial score (nSPS) is 21.5. The van der Waals surface area contributed by atoms with E-state index in [0.29, 0.717) is 13.2 Å². The molecule has 156 valence electrons. The van der Waals surface area contributed by atoms with Gasteiger partial charge in [-0.1, -0.05) is 82.1 Å². The van der Waals surface area contributed by atoms with Gasteiger partial charge in [-0.2, -0.15) is 0 Å². The van der Waals surface area contributed by atoms with Crippen LogP contribution in [0.5, 0.6) is 0 Å². The van der Waals surface area contributed by atoms with E-state index in [9.17, 15) is 0 Å². The highest BCUT2D eigenvalue weighted by molar-refractivity contribution is 9.10. The lowest BCUT2D eigenvalue weighted by atomic mass is 9.82. The minimum absolute atomic E-state index is 0.130. The number of hydrogen-bond donors (Lipinski definition) is 1. The van der Waals surface area contributed by atoms with Gasteiger partial charge in [0, 0.05) is 16.0 Å². The summed E-state index contributed by atoms with van der Waals surface area (Å²) in [5, 5.41) is 4.20. The standard InChI is InChI=1S/C25H25BrClNO2/c26-22-8-4-7-20(15-22)17-29-24-16-28-14-13-25(24,21-9-11-23(27)12-10-21)30-18-19-5-2-1-3-6-19/h1-12,15,24,28H,13-14,16-18H2/t24-,25+/m0/s1. The molecule has 1 heterocycles. The predicted octanol–water partition coefficient (Wildman–Crippen LogP) is 6.09. The van der Waals surface area contributed by atoms with Crippen molar-refractivity contribution in [2.24, 2.45) is 0 Å². The molecule has 0 aromatic heterocycles. The Labute approximate surface area is 191 Å². The zero-order valence-corrected chi connectivity index (χ0v) is 19.0. The molecule has 2 atom stereocenters. The van der Waals surface area contributed by atoms with Crippen LogP contribution in [0.1, 0.15) is 23.1 Å². The van der Waals surface area contributed by atoms with Crippen molar-refractivity contribution in [1.82, 2.24) is 5.32 Å². The molecule has 0 saturated carbocycles. The van der Waals surface area contributed by atoms with Gasteiger partial charge in [0.15, 0.2) is 0 Å². The van der Waals surface area contributed by atoms with Crippen LogP contribution in [0.25, 0.3) is 0 Å². The van der Waals surface area contributed by atoms with Crippen LogP contribution in [-0.2, 0) is 28.3 Å². The summed E-state index contributed by atoms with van der Waals surface area (Å²) < 4.78 is 14.2. The molecule has 1 aliphatic rings. The summed E-state index contributed by atoms with van der Waals surface area (Å²) in [6.07, 6.45) is 0.695. The van der Waals surface area contributed by atoms with Crippen LogP contribution in [0.2, 0.25) is 5.02 Å². The summed E-state index contributed by atoms with van der Waals surface area (Å²) in [5.41, 5.74) is 2.83. The third kappa shape index (κ3) is 5.13. The van der Waals surface area contributed by atoms with E-state index in [1.54, 1.807) is 0 Å². The second-order valence-electron chi connectivity index (χ2n) is 7.55. The molecule has 0 unspecified atom stereocenters.